The molecule has 1 aromatic carbocycles. The second kappa shape index (κ2) is 5.51. The third kappa shape index (κ3) is 2.90. The molecule has 1 fully saturated rings. The van der Waals surface area contributed by atoms with Crippen molar-refractivity contribution in [1.29, 1.82) is 0 Å². The molecule has 2 rings (SSSR count). The second-order valence-electron chi connectivity index (χ2n) is 5.27. The topological polar surface area (TPSA) is 0 Å². The van der Waals surface area contributed by atoms with Crippen LogP contribution in [0.4, 0.5) is 4.39 Å². The molecule has 1 aliphatic rings. The largest absolute Gasteiger partial charge is 0.206 e. The van der Waals surface area contributed by atoms with Gasteiger partial charge >= 0.3 is 0 Å². The lowest BCUT2D eigenvalue weighted by Gasteiger charge is -2.27. The van der Waals surface area contributed by atoms with Crippen LogP contribution in [0.3, 0.4) is 0 Å². The summed E-state index contributed by atoms with van der Waals surface area (Å²) in [4.78, 5) is 0.390. The lowest BCUT2D eigenvalue weighted by molar-refractivity contribution is 0.354. The van der Waals surface area contributed by atoms with Crippen molar-refractivity contribution in [3.63, 3.8) is 0 Å². The molecule has 1 aromatic rings. The molecule has 2 heteroatoms. The SMILES string of the molecule is Cc1cc(C(Br)C2CCCCC2)cc(C)c1F. The Bertz CT molecular complexity index is 371. The number of rotatable bonds is 2. The van der Waals surface area contributed by atoms with Crippen molar-refractivity contribution in [2.24, 2.45) is 5.92 Å². The fourth-order valence-corrected chi connectivity index (χ4v) is 3.63. The minimum absolute atomic E-state index is 0.0582. The Hall–Kier alpha value is -0.370. The Labute approximate surface area is 112 Å². The molecule has 0 aromatic heterocycles. The van der Waals surface area contributed by atoms with Crippen molar-refractivity contribution in [1.82, 2.24) is 0 Å². The smallest absolute Gasteiger partial charge is 0.129 e. The van der Waals surface area contributed by atoms with E-state index in [0.29, 0.717) is 10.7 Å². The van der Waals surface area contributed by atoms with E-state index in [1.807, 2.05) is 26.0 Å². The Balaban J connectivity index is 2.21. The van der Waals surface area contributed by atoms with Crippen LogP contribution in [0.15, 0.2) is 12.1 Å². The maximum atomic E-state index is 13.6. The van der Waals surface area contributed by atoms with Crippen LogP contribution in [0.25, 0.3) is 0 Å². The molecule has 0 nitrogen and oxygen atoms in total. The Morgan fingerprint density at radius 1 is 1.12 bits per heavy atom. The van der Waals surface area contributed by atoms with Gasteiger partial charge in [0, 0.05) is 4.83 Å². The van der Waals surface area contributed by atoms with Crippen molar-refractivity contribution in [2.45, 2.75) is 50.8 Å². The van der Waals surface area contributed by atoms with Crippen molar-refractivity contribution >= 4 is 15.9 Å². The molecule has 0 spiro atoms. The molecule has 0 saturated heterocycles. The van der Waals surface area contributed by atoms with Gasteiger partial charge in [0.1, 0.15) is 5.82 Å². The molecule has 0 amide bonds. The normalized spacial score (nSPS) is 19.3. The van der Waals surface area contributed by atoms with Crippen LogP contribution in [0.2, 0.25) is 0 Å². The van der Waals surface area contributed by atoms with E-state index in [-0.39, 0.29) is 5.82 Å². The highest BCUT2D eigenvalue weighted by Crippen LogP contribution is 2.40. The van der Waals surface area contributed by atoms with Gasteiger partial charge in [-0.1, -0.05) is 47.3 Å². The molecule has 0 aliphatic heterocycles. The van der Waals surface area contributed by atoms with Crippen molar-refractivity contribution in [3.05, 3.63) is 34.6 Å². The molecule has 0 N–H and O–H groups in total. The van der Waals surface area contributed by atoms with Crippen LogP contribution in [0.5, 0.6) is 0 Å². The molecule has 94 valence electrons. The number of hydrogen-bond acceptors (Lipinski definition) is 0. The predicted octanol–water partition coefficient (Wildman–Crippen LogP) is 5.46. The summed E-state index contributed by atoms with van der Waals surface area (Å²) in [7, 11) is 0. The summed E-state index contributed by atoms with van der Waals surface area (Å²) < 4.78 is 13.6. The zero-order chi connectivity index (χ0) is 12.4. The average molecular weight is 299 g/mol. The van der Waals surface area contributed by atoms with E-state index in [2.05, 4.69) is 15.9 Å². The van der Waals surface area contributed by atoms with Gasteiger partial charge in [0.2, 0.25) is 0 Å². The van der Waals surface area contributed by atoms with Crippen LogP contribution in [-0.4, -0.2) is 0 Å². The first kappa shape index (κ1) is 13.1. The summed E-state index contributed by atoms with van der Waals surface area (Å²) in [5, 5.41) is 0. The minimum Gasteiger partial charge on any atom is -0.206 e. The quantitative estimate of drug-likeness (QED) is 0.636. The van der Waals surface area contributed by atoms with Crippen molar-refractivity contribution in [3.8, 4) is 0 Å². The monoisotopic (exact) mass is 298 g/mol. The molecule has 17 heavy (non-hydrogen) atoms. The second-order valence-corrected chi connectivity index (χ2v) is 6.26. The highest BCUT2D eigenvalue weighted by atomic mass is 79.9. The third-order valence-corrected chi connectivity index (χ3v) is 5.12. The fourth-order valence-electron chi connectivity index (χ4n) is 2.84. The summed E-state index contributed by atoms with van der Waals surface area (Å²) in [6.07, 6.45) is 6.65. The molecular formula is C15H20BrF. The van der Waals surface area contributed by atoms with Gasteiger partial charge < -0.3 is 0 Å². The molecule has 1 saturated carbocycles. The Kier molecular flexibility index (Phi) is 4.24. The minimum atomic E-state index is -0.0582. The summed E-state index contributed by atoms with van der Waals surface area (Å²) >= 11 is 3.82. The van der Waals surface area contributed by atoms with Gasteiger partial charge in [-0.2, -0.15) is 0 Å². The number of hydrogen-bond donors (Lipinski definition) is 0. The molecule has 0 heterocycles. The molecule has 0 radical (unpaired) electrons. The Morgan fingerprint density at radius 2 is 1.65 bits per heavy atom. The zero-order valence-corrected chi connectivity index (χ0v) is 12.2. The predicted molar refractivity (Wildman–Crippen MR) is 74.1 cm³/mol. The summed E-state index contributed by atoms with van der Waals surface area (Å²) in [6, 6.07) is 3.99. The number of aryl methyl sites for hydroxylation is 2. The maximum absolute atomic E-state index is 13.6. The van der Waals surface area contributed by atoms with Crippen molar-refractivity contribution in [2.75, 3.05) is 0 Å². The molecule has 1 atom stereocenters. The van der Waals surface area contributed by atoms with Crippen LogP contribution in [0, 0.1) is 25.6 Å². The van der Waals surface area contributed by atoms with Crippen LogP contribution in [-0.2, 0) is 0 Å². The van der Waals surface area contributed by atoms with E-state index in [0.717, 1.165) is 11.1 Å². The number of halogens is 2. The van der Waals surface area contributed by atoms with E-state index in [4.69, 9.17) is 0 Å². The standard InChI is InChI=1S/C15H20BrF/c1-10-8-13(9-11(2)15(10)17)14(16)12-6-4-3-5-7-12/h8-9,12,14H,3-7H2,1-2H3. The van der Waals surface area contributed by atoms with Gasteiger partial charge in [0.05, 0.1) is 0 Å². The van der Waals surface area contributed by atoms with Crippen LogP contribution in [0.1, 0.15) is 53.6 Å². The zero-order valence-electron chi connectivity index (χ0n) is 10.6. The fraction of sp³-hybridized carbons (Fsp3) is 0.600. The van der Waals surface area contributed by atoms with Crippen LogP contribution >= 0.6 is 15.9 Å². The first-order valence-corrected chi connectivity index (χ1v) is 7.42. The highest BCUT2D eigenvalue weighted by Gasteiger charge is 2.23. The molecule has 1 unspecified atom stereocenters. The highest BCUT2D eigenvalue weighted by molar-refractivity contribution is 9.09. The van der Waals surface area contributed by atoms with E-state index >= 15 is 0 Å². The van der Waals surface area contributed by atoms with Gasteiger partial charge in [-0.05, 0) is 49.3 Å². The van der Waals surface area contributed by atoms with E-state index in [1.165, 1.54) is 37.7 Å². The Morgan fingerprint density at radius 3 is 2.18 bits per heavy atom. The third-order valence-electron chi connectivity index (χ3n) is 3.84. The number of alkyl halides is 1. The number of benzene rings is 1. The lowest BCUT2D eigenvalue weighted by atomic mass is 9.84. The lowest BCUT2D eigenvalue weighted by Crippen LogP contribution is -2.12. The van der Waals surface area contributed by atoms with Gasteiger partial charge in [0.25, 0.3) is 0 Å². The van der Waals surface area contributed by atoms with Crippen molar-refractivity contribution < 1.29 is 4.39 Å². The average Bonchev–Trinajstić information content (AvgIpc) is 2.35. The van der Waals surface area contributed by atoms with E-state index in [1.54, 1.807) is 0 Å². The van der Waals surface area contributed by atoms with E-state index < -0.39 is 0 Å². The summed E-state index contributed by atoms with van der Waals surface area (Å²) in [5.41, 5.74) is 2.77. The van der Waals surface area contributed by atoms with Gasteiger partial charge in [-0.15, -0.1) is 0 Å². The molecular weight excluding hydrogens is 279 g/mol. The molecule has 1 aliphatic carbocycles. The van der Waals surface area contributed by atoms with E-state index in [9.17, 15) is 4.39 Å². The van der Waals surface area contributed by atoms with Gasteiger partial charge in [-0.25, -0.2) is 4.39 Å². The van der Waals surface area contributed by atoms with Gasteiger partial charge in [-0.3, -0.25) is 0 Å². The summed E-state index contributed by atoms with van der Waals surface area (Å²) in [6.45, 7) is 3.71. The maximum Gasteiger partial charge on any atom is 0.129 e. The first-order chi connectivity index (χ1) is 8.09. The van der Waals surface area contributed by atoms with Gasteiger partial charge in [0.15, 0.2) is 0 Å². The van der Waals surface area contributed by atoms with Crippen LogP contribution < -0.4 is 0 Å². The summed E-state index contributed by atoms with van der Waals surface area (Å²) in [5.74, 6) is 0.658. The first-order valence-electron chi connectivity index (χ1n) is 6.50. The molecule has 0 bridgehead atoms.